The molecule has 0 amide bonds. The minimum absolute atomic E-state index is 0.104. The largest absolute Gasteiger partial charge is 0.491 e. The summed E-state index contributed by atoms with van der Waals surface area (Å²) in [7, 11) is 0. The monoisotopic (exact) mass is 380 g/mol. The normalized spacial score (nSPS) is 12.3. The predicted octanol–water partition coefficient (Wildman–Crippen LogP) is 3.29. The molecule has 3 rings (SSSR count). The van der Waals surface area contributed by atoms with Gasteiger partial charge in [-0.2, -0.15) is 0 Å². The van der Waals surface area contributed by atoms with E-state index < -0.39 is 6.10 Å². The van der Waals surface area contributed by atoms with E-state index in [0.717, 1.165) is 33.3 Å². The van der Waals surface area contributed by atoms with Crippen molar-refractivity contribution in [1.29, 1.82) is 0 Å². The van der Waals surface area contributed by atoms with Crippen LogP contribution in [0, 0.1) is 27.7 Å². The number of aliphatic hydroxyl groups excluding tert-OH is 1. The van der Waals surface area contributed by atoms with Crippen molar-refractivity contribution in [2.75, 3.05) is 13.2 Å². The Morgan fingerprint density at radius 3 is 2.57 bits per heavy atom. The van der Waals surface area contributed by atoms with Crippen molar-refractivity contribution in [2.45, 2.75) is 40.3 Å². The molecule has 1 aromatic heterocycles. The number of pyridine rings is 1. The first-order valence-corrected chi connectivity index (χ1v) is 9.55. The maximum Gasteiger partial charge on any atom is 0.252 e. The van der Waals surface area contributed by atoms with Crippen molar-refractivity contribution >= 4 is 10.9 Å². The number of hydrogen-bond acceptors (Lipinski definition) is 4. The van der Waals surface area contributed by atoms with Crippen LogP contribution in [0.2, 0.25) is 0 Å². The van der Waals surface area contributed by atoms with E-state index in [1.165, 1.54) is 5.56 Å². The lowest BCUT2D eigenvalue weighted by atomic mass is 10.1. The van der Waals surface area contributed by atoms with Gasteiger partial charge in [0.05, 0.1) is 5.52 Å². The molecule has 0 aliphatic carbocycles. The zero-order valence-corrected chi connectivity index (χ0v) is 16.9. The quantitative estimate of drug-likeness (QED) is 0.588. The topological polar surface area (TPSA) is 74.4 Å². The van der Waals surface area contributed by atoms with Gasteiger partial charge in [0.25, 0.3) is 5.56 Å². The molecule has 5 heteroatoms. The molecule has 0 radical (unpaired) electrons. The molecule has 1 atom stereocenters. The molecule has 0 saturated carbocycles. The molecule has 3 aromatic rings. The summed E-state index contributed by atoms with van der Waals surface area (Å²) < 4.78 is 5.66. The van der Waals surface area contributed by atoms with E-state index in [-0.39, 0.29) is 12.2 Å². The molecule has 28 heavy (non-hydrogen) atoms. The van der Waals surface area contributed by atoms with E-state index >= 15 is 0 Å². The first-order chi connectivity index (χ1) is 13.3. The summed E-state index contributed by atoms with van der Waals surface area (Å²) in [5.41, 5.74) is 6.01. The zero-order chi connectivity index (χ0) is 20.3. The van der Waals surface area contributed by atoms with E-state index in [9.17, 15) is 9.90 Å². The molecule has 0 saturated heterocycles. The van der Waals surface area contributed by atoms with Gasteiger partial charge < -0.3 is 20.1 Å². The molecule has 0 aliphatic rings. The first kappa shape index (κ1) is 20.1. The van der Waals surface area contributed by atoms with Gasteiger partial charge in [-0.1, -0.05) is 17.7 Å². The maximum atomic E-state index is 12.3. The summed E-state index contributed by atoms with van der Waals surface area (Å²) in [6.45, 7) is 9.05. The van der Waals surface area contributed by atoms with Crippen LogP contribution >= 0.6 is 0 Å². The lowest BCUT2D eigenvalue weighted by Crippen LogP contribution is -2.32. The number of hydrogen-bond donors (Lipinski definition) is 3. The molecule has 0 aliphatic heterocycles. The van der Waals surface area contributed by atoms with Crippen LogP contribution in [0.25, 0.3) is 10.9 Å². The fraction of sp³-hybridized carbons (Fsp3) is 0.348. The second kappa shape index (κ2) is 8.59. The number of ether oxygens (including phenoxy) is 1. The van der Waals surface area contributed by atoms with Crippen LogP contribution in [0.5, 0.6) is 5.75 Å². The van der Waals surface area contributed by atoms with Gasteiger partial charge in [-0.05, 0) is 74.0 Å². The Morgan fingerprint density at radius 2 is 1.82 bits per heavy atom. The fourth-order valence-electron chi connectivity index (χ4n) is 3.29. The molecule has 0 fully saturated rings. The molecule has 2 aromatic carbocycles. The smallest absolute Gasteiger partial charge is 0.252 e. The zero-order valence-electron chi connectivity index (χ0n) is 16.9. The summed E-state index contributed by atoms with van der Waals surface area (Å²) in [5.74, 6) is 0.749. The molecule has 0 bridgehead atoms. The summed E-state index contributed by atoms with van der Waals surface area (Å²) in [6.07, 6.45) is -0.661. The molecule has 5 nitrogen and oxygen atoms in total. The van der Waals surface area contributed by atoms with Crippen molar-refractivity contribution in [3.8, 4) is 5.75 Å². The highest BCUT2D eigenvalue weighted by Crippen LogP contribution is 2.18. The van der Waals surface area contributed by atoms with Gasteiger partial charge in [0, 0.05) is 18.7 Å². The van der Waals surface area contributed by atoms with Gasteiger partial charge in [0.2, 0.25) is 0 Å². The van der Waals surface area contributed by atoms with Crippen LogP contribution in [0.1, 0.15) is 27.8 Å². The second-order valence-electron chi connectivity index (χ2n) is 7.51. The molecule has 0 unspecified atom stereocenters. The maximum absolute atomic E-state index is 12.3. The number of aryl methyl sites for hydroxylation is 4. The van der Waals surface area contributed by atoms with Crippen LogP contribution in [-0.2, 0) is 6.54 Å². The van der Waals surface area contributed by atoms with Crippen LogP contribution < -0.4 is 15.6 Å². The molecule has 3 N–H and O–H groups in total. The van der Waals surface area contributed by atoms with Gasteiger partial charge in [-0.3, -0.25) is 4.79 Å². The highest BCUT2D eigenvalue weighted by Gasteiger charge is 2.09. The number of fused-ring (bicyclic) bond motifs is 1. The summed E-state index contributed by atoms with van der Waals surface area (Å²) in [6, 6.07) is 11.9. The van der Waals surface area contributed by atoms with E-state index in [0.29, 0.717) is 18.7 Å². The number of H-pyrrole nitrogens is 1. The Labute approximate surface area is 165 Å². The predicted molar refractivity (Wildman–Crippen MR) is 113 cm³/mol. The molecular formula is C23H28N2O3. The minimum Gasteiger partial charge on any atom is -0.491 e. The van der Waals surface area contributed by atoms with E-state index in [2.05, 4.69) is 29.4 Å². The van der Waals surface area contributed by atoms with Gasteiger partial charge in [0.15, 0.2) is 0 Å². The van der Waals surface area contributed by atoms with Gasteiger partial charge >= 0.3 is 0 Å². The number of rotatable bonds is 7. The third-order valence-electron chi connectivity index (χ3n) is 4.99. The van der Waals surface area contributed by atoms with Crippen molar-refractivity contribution in [3.63, 3.8) is 0 Å². The minimum atomic E-state index is -0.661. The SMILES string of the molecule is Cc1cc(C)c2[nH]c(=O)c(CNC[C@@H](O)COc3ccc(C)c(C)c3)cc2c1. The Hall–Kier alpha value is -2.63. The molecule has 1 heterocycles. The molecule has 0 spiro atoms. The van der Waals surface area contributed by atoms with Gasteiger partial charge in [-0.15, -0.1) is 0 Å². The number of aromatic amines is 1. The van der Waals surface area contributed by atoms with Crippen molar-refractivity contribution in [3.05, 3.63) is 74.6 Å². The first-order valence-electron chi connectivity index (χ1n) is 9.55. The highest BCUT2D eigenvalue weighted by atomic mass is 16.5. The lowest BCUT2D eigenvalue weighted by molar-refractivity contribution is 0.106. The fourth-order valence-corrected chi connectivity index (χ4v) is 3.29. The highest BCUT2D eigenvalue weighted by molar-refractivity contribution is 5.82. The van der Waals surface area contributed by atoms with Crippen LogP contribution in [0.4, 0.5) is 0 Å². The van der Waals surface area contributed by atoms with Crippen LogP contribution in [0.3, 0.4) is 0 Å². The lowest BCUT2D eigenvalue weighted by Gasteiger charge is -2.14. The average molecular weight is 380 g/mol. The van der Waals surface area contributed by atoms with Crippen LogP contribution in [-0.4, -0.2) is 29.3 Å². The Kier molecular flexibility index (Phi) is 6.17. The summed E-state index contributed by atoms with van der Waals surface area (Å²) in [4.78, 5) is 15.3. The van der Waals surface area contributed by atoms with Crippen molar-refractivity contribution in [1.82, 2.24) is 10.3 Å². The third-order valence-corrected chi connectivity index (χ3v) is 4.99. The number of aromatic nitrogens is 1. The Bertz CT molecular complexity index is 1040. The average Bonchev–Trinajstić information content (AvgIpc) is 2.64. The van der Waals surface area contributed by atoms with Gasteiger partial charge in [-0.25, -0.2) is 0 Å². The second-order valence-corrected chi connectivity index (χ2v) is 7.51. The summed E-state index contributed by atoms with van der Waals surface area (Å²) in [5, 5.41) is 14.3. The number of benzene rings is 2. The third kappa shape index (κ3) is 4.80. The van der Waals surface area contributed by atoms with E-state index in [4.69, 9.17) is 4.74 Å². The molecular weight excluding hydrogens is 352 g/mol. The standard InChI is InChI=1S/C23H28N2O3/c1-14-7-17(4)22-18(8-14)10-19(23(27)25-22)11-24-12-20(26)13-28-21-6-5-15(2)16(3)9-21/h5-10,20,24,26H,11-13H2,1-4H3,(H,25,27)/t20-/m1/s1. The van der Waals surface area contributed by atoms with Crippen molar-refractivity contribution in [2.24, 2.45) is 0 Å². The summed E-state index contributed by atoms with van der Waals surface area (Å²) >= 11 is 0. The van der Waals surface area contributed by atoms with E-state index in [1.807, 2.05) is 45.0 Å². The number of aliphatic hydroxyl groups is 1. The Balaban J connectivity index is 1.56. The molecule has 148 valence electrons. The van der Waals surface area contributed by atoms with Gasteiger partial charge in [0.1, 0.15) is 18.5 Å². The Morgan fingerprint density at radius 1 is 1.04 bits per heavy atom. The number of nitrogens with one attached hydrogen (secondary N) is 2. The van der Waals surface area contributed by atoms with E-state index in [1.54, 1.807) is 0 Å². The van der Waals surface area contributed by atoms with Crippen molar-refractivity contribution < 1.29 is 9.84 Å². The van der Waals surface area contributed by atoms with Crippen LogP contribution in [0.15, 0.2) is 41.2 Å².